The second-order valence-corrected chi connectivity index (χ2v) is 10.9. The van der Waals surface area contributed by atoms with E-state index in [1.165, 1.54) is 40.5 Å². The lowest BCUT2D eigenvalue weighted by Gasteiger charge is -2.25. The van der Waals surface area contributed by atoms with Gasteiger partial charge in [0.2, 0.25) is 11.8 Å². The summed E-state index contributed by atoms with van der Waals surface area (Å²) in [6.45, 7) is 2.23. The SMILES string of the molecule is C[C@@H](NC(=O)C1CC2(CN1C(=O)CNC(=O)c1ccc(Oc3ccc(F)cc3)cc1)OCCO2)c1cc(C(=N)N)cs1. The number of amidine groups is 1. The lowest BCUT2D eigenvalue weighted by Crippen LogP contribution is -2.49. The van der Waals surface area contributed by atoms with Crippen LogP contribution < -0.4 is 21.1 Å². The van der Waals surface area contributed by atoms with Gasteiger partial charge in [0.1, 0.15) is 29.2 Å². The van der Waals surface area contributed by atoms with E-state index in [0.717, 1.165) is 4.88 Å². The van der Waals surface area contributed by atoms with Crippen LogP contribution in [0.15, 0.2) is 60.0 Å². The van der Waals surface area contributed by atoms with Crippen molar-refractivity contribution in [2.45, 2.75) is 31.2 Å². The van der Waals surface area contributed by atoms with Crippen molar-refractivity contribution in [1.29, 1.82) is 5.41 Å². The number of carbonyl (C=O) groups excluding carboxylic acids is 3. The number of hydrogen-bond donors (Lipinski definition) is 4. The standard InChI is InChI=1S/C29H30FN5O6S/c1-17(24-12-19(15-42-24)26(31)32)34-28(38)23-13-29(39-10-11-40-29)16-35(23)25(36)14-33-27(37)18-2-6-21(7-3-18)41-22-8-4-20(30)5-9-22/h2-9,12,15,17,23H,10-11,13-14,16H2,1H3,(H3,31,32)(H,33,37)(H,34,38)/t17-,23?/m1/s1. The van der Waals surface area contributed by atoms with E-state index in [4.69, 9.17) is 25.4 Å². The summed E-state index contributed by atoms with van der Waals surface area (Å²) >= 11 is 1.37. The Balaban J connectivity index is 1.20. The number of carbonyl (C=O) groups is 3. The highest BCUT2D eigenvalue weighted by Gasteiger charge is 2.52. The van der Waals surface area contributed by atoms with Gasteiger partial charge in [-0.2, -0.15) is 0 Å². The highest BCUT2D eigenvalue weighted by Crippen LogP contribution is 2.35. The van der Waals surface area contributed by atoms with Gasteiger partial charge in [-0.05, 0) is 61.5 Å². The van der Waals surface area contributed by atoms with Crippen molar-refractivity contribution in [2.75, 3.05) is 26.3 Å². The number of benzene rings is 2. The van der Waals surface area contributed by atoms with Crippen LogP contribution in [-0.2, 0) is 19.1 Å². The maximum absolute atomic E-state index is 13.4. The van der Waals surface area contributed by atoms with Crippen LogP contribution in [0.2, 0.25) is 0 Å². The van der Waals surface area contributed by atoms with E-state index in [1.807, 2.05) is 6.92 Å². The molecule has 0 aliphatic carbocycles. The zero-order valence-electron chi connectivity index (χ0n) is 22.7. The van der Waals surface area contributed by atoms with Crippen LogP contribution in [0.1, 0.15) is 40.2 Å². The number of nitrogens with two attached hydrogens (primary N) is 1. The Hall–Kier alpha value is -4.33. The summed E-state index contributed by atoms with van der Waals surface area (Å²) in [5, 5.41) is 14.9. The second-order valence-electron chi connectivity index (χ2n) is 9.99. The Morgan fingerprint density at radius 2 is 1.76 bits per heavy atom. The second kappa shape index (κ2) is 12.3. The number of hydrogen-bond acceptors (Lipinski definition) is 8. The molecule has 2 aliphatic rings. The van der Waals surface area contributed by atoms with Gasteiger partial charge in [-0.3, -0.25) is 19.8 Å². The van der Waals surface area contributed by atoms with Gasteiger partial charge in [-0.1, -0.05) is 0 Å². The average molecular weight is 596 g/mol. The van der Waals surface area contributed by atoms with Crippen LogP contribution in [0.5, 0.6) is 11.5 Å². The van der Waals surface area contributed by atoms with Crippen molar-refractivity contribution in [1.82, 2.24) is 15.5 Å². The molecule has 5 N–H and O–H groups in total. The Morgan fingerprint density at radius 3 is 2.38 bits per heavy atom. The monoisotopic (exact) mass is 595 g/mol. The fourth-order valence-electron chi connectivity index (χ4n) is 4.82. The Morgan fingerprint density at radius 1 is 1.12 bits per heavy atom. The third kappa shape index (κ3) is 6.59. The van der Waals surface area contributed by atoms with E-state index < -0.39 is 23.6 Å². The highest BCUT2D eigenvalue weighted by molar-refractivity contribution is 7.10. The molecular formula is C29H30FN5O6S. The van der Waals surface area contributed by atoms with Crippen molar-refractivity contribution in [3.05, 3.63) is 81.8 Å². The Labute approximate surface area is 245 Å². The zero-order chi connectivity index (χ0) is 29.9. The van der Waals surface area contributed by atoms with Gasteiger partial charge >= 0.3 is 0 Å². The van der Waals surface area contributed by atoms with Crippen LogP contribution in [0.3, 0.4) is 0 Å². The first-order chi connectivity index (χ1) is 20.1. The first kappa shape index (κ1) is 29.2. The molecule has 2 saturated heterocycles. The van der Waals surface area contributed by atoms with Crippen LogP contribution >= 0.6 is 11.3 Å². The molecule has 2 aliphatic heterocycles. The quantitative estimate of drug-likeness (QED) is 0.219. The fraction of sp³-hybridized carbons (Fsp3) is 0.310. The maximum Gasteiger partial charge on any atom is 0.251 e. The predicted molar refractivity (Wildman–Crippen MR) is 152 cm³/mol. The number of nitrogens with zero attached hydrogens (tertiary/aromatic N) is 1. The van der Waals surface area contributed by atoms with Crippen LogP contribution in [-0.4, -0.2) is 66.6 Å². The largest absolute Gasteiger partial charge is 0.457 e. The number of thiophene rings is 1. The molecule has 220 valence electrons. The first-order valence-corrected chi connectivity index (χ1v) is 14.1. The number of ether oxygens (including phenoxy) is 3. The number of halogens is 1. The summed E-state index contributed by atoms with van der Waals surface area (Å²) in [4.78, 5) is 41.6. The molecule has 0 saturated carbocycles. The van der Waals surface area contributed by atoms with Gasteiger partial charge < -0.3 is 35.5 Å². The minimum absolute atomic E-state index is 0.0527. The minimum atomic E-state index is -1.07. The fourth-order valence-corrected chi connectivity index (χ4v) is 5.73. The van der Waals surface area contributed by atoms with Gasteiger partial charge in [-0.15, -0.1) is 11.3 Å². The summed E-state index contributed by atoms with van der Waals surface area (Å²) in [6, 6.07) is 12.3. The Bertz CT molecular complexity index is 1470. The lowest BCUT2D eigenvalue weighted by atomic mass is 10.1. The lowest BCUT2D eigenvalue weighted by molar-refractivity contribution is -0.152. The number of nitrogen functional groups attached to an aromatic ring is 1. The van der Waals surface area contributed by atoms with Crippen molar-refractivity contribution in [3.63, 3.8) is 0 Å². The summed E-state index contributed by atoms with van der Waals surface area (Å²) in [5.74, 6) is -1.93. The summed E-state index contributed by atoms with van der Waals surface area (Å²) in [7, 11) is 0. The normalized spacial score (nSPS) is 18.0. The molecule has 5 rings (SSSR count). The van der Waals surface area contributed by atoms with E-state index in [0.29, 0.717) is 35.8 Å². The zero-order valence-corrected chi connectivity index (χ0v) is 23.5. The van der Waals surface area contributed by atoms with Crippen molar-refractivity contribution < 1.29 is 33.0 Å². The molecule has 3 heterocycles. The van der Waals surface area contributed by atoms with Crippen molar-refractivity contribution in [3.8, 4) is 11.5 Å². The molecule has 1 spiro atoms. The average Bonchev–Trinajstić information content (AvgIpc) is 3.74. The van der Waals surface area contributed by atoms with Gasteiger partial charge in [0.05, 0.1) is 32.3 Å². The molecule has 11 nitrogen and oxygen atoms in total. The van der Waals surface area contributed by atoms with Gasteiger partial charge in [0.25, 0.3) is 5.91 Å². The van der Waals surface area contributed by atoms with E-state index in [1.54, 1.807) is 35.7 Å². The van der Waals surface area contributed by atoms with Gasteiger partial charge in [0.15, 0.2) is 5.79 Å². The van der Waals surface area contributed by atoms with Gasteiger partial charge in [0, 0.05) is 27.8 Å². The Kier molecular flexibility index (Phi) is 8.52. The topological polar surface area (TPSA) is 156 Å². The molecule has 42 heavy (non-hydrogen) atoms. The van der Waals surface area contributed by atoms with Crippen LogP contribution in [0.4, 0.5) is 4.39 Å². The van der Waals surface area contributed by atoms with Crippen LogP contribution in [0.25, 0.3) is 0 Å². The first-order valence-electron chi connectivity index (χ1n) is 13.2. The molecular weight excluding hydrogens is 565 g/mol. The smallest absolute Gasteiger partial charge is 0.251 e. The van der Waals surface area contributed by atoms with E-state index in [9.17, 15) is 18.8 Å². The minimum Gasteiger partial charge on any atom is -0.457 e. The molecule has 3 amide bonds. The molecule has 2 aromatic carbocycles. The van der Waals surface area contributed by atoms with Crippen LogP contribution in [0, 0.1) is 11.2 Å². The highest BCUT2D eigenvalue weighted by atomic mass is 32.1. The number of likely N-dealkylation sites (tertiary alicyclic amines) is 1. The summed E-state index contributed by atoms with van der Waals surface area (Å²) in [5.41, 5.74) is 6.44. The molecule has 13 heteroatoms. The van der Waals surface area contributed by atoms with Gasteiger partial charge in [-0.25, -0.2) is 4.39 Å². The maximum atomic E-state index is 13.4. The van der Waals surface area contributed by atoms with E-state index in [-0.39, 0.29) is 43.1 Å². The molecule has 0 bridgehead atoms. The molecule has 3 aromatic rings. The third-order valence-corrected chi connectivity index (χ3v) is 8.13. The predicted octanol–water partition coefficient (Wildman–Crippen LogP) is 2.91. The third-order valence-electron chi connectivity index (χ3n) is 7.01. The molecule has 1 unspecified atom stereocenters. The van der Waals surface area contributed by atoms with E-state index in [2.05, 4.69) is 10.6 Å². The molecule has 2 atom stereocenters. The molecule has 2 fully saturated rings. The number of amides is 3. The molecule has 1 aromatic heterocycles. The van der Waals surface area contributed by atoms with Crippen molar-refractivity contribution in [2.24, 2.45) is 5.73 Å². The summed E-state index contributed by atoms with van der Waals surface area (Å²) in [6.07, 6.45) is 0.157. The van der Waals surface area contributed by atoms with Crippen molar-refractivity contribution >= 4 is 34.9 Å². The number of nitrogens with one attached hydrogen (secondary N) is 3. The summed E-state index contributed by atoms with van der Waals surface area (Å²) < 4.78 is 30.3. The van der Waals surface area contributed by atoms with E-state index >= 15 is 0 Å². The number of rotatable bonds is 9. The molecule has 0 radical (unpaired) electrons.